The van der Waals surface area contributed by atoms with E-state index in [0.29, 0.717) is 11.5 Å². The lowest BCUT2D eigenvalue weighted by atomic mass is 10.0. The molecule has 34 heavy (non-hydrogen) atoms. The molecule has 1 aromatic rings. The number of hydrogen-bond donors (Lipinski definition) is 0. The van der Waals surface area contributed by atoms with E-state index in [9.17, 15) is 9.59 Å². The van der Waals surface area contributed by atoms with Gasteiger partial charge in [-0.2, -0.15) is 0 Å². The van der Waals surface area contributed by atoms with E-state index in [1.165, 1.54) is 52.4 Å². The second kappa shape index (κ2) is 22.2. The second-order valence-electron chi connectivity index (χ2n) is 8.25. The molecule has 4 heteroatoms. The molecule has 0 aliphatic rings. The van der Waals surface area contributed by atoms with E-state index in [1.807, 2.05) is 19.1 Å². The Labute approximate surface area is 208 Å². The molecule has 0 aromatic heterocycles. The van der Waals surface area contributed by atoms with E-state index < -0.39 is 0 Å². The van der Waals surface area contributed by atoms with Crippen LogP contribution in [0.2, 0.25) is 0 Å². The van der Waals surface area contributed by atoms with Crippen LogP contribution in [-0.4, -0.2) is 11.9 Å². The Morgan fingerprint density at radius 1 is 0.794 bits per heavy atom. The highest BCUT2D eigenvalue weighted by Gasteiger charge is 2.09. The zero-order valence-corrected chi connectivity index (χ0v) is 22.1. The molecule has 0 saturated heterocycles. The summed E-state index contributed by atoms with van der Waals surface area (Å²) in [6, 6.07) is 5.14. The van der Waals surface area contributed by atoms with E-state index in [2.05, 4.69) is 38.2 Å². The lowest BCUT2D eigenvalue weighted by Gasteiger charge is -2.11. The second-order valence-corrected chi connectivity index (χ2v) is 8.25. The van der Waals surface area contributed by atoms with E-state index in [4.69, 9.17) is 9.47 Å². The summed E-state index contributed by atoms with van der Waals surface area (Å²) in [4.78, 5) is 22.3. The van der Waals surface area contributed by atoms with Crippen LogP contribution in [0.1, 0.15) is 104 Å². The van der Waals surface area contributed by atoms with Gasteiger partial charge in [-0.15, -0.1) is 0 Å². The monoisotopic (exact) mass is 470 g/mol. The maximum Gasteiger partial charge on any atom is 0.308 e. The highest BCUT2D eigenvalue weighted by atomic mass is 16.5. The number of unbranched alkanes of at least 4 members (excludes halogenated alkanes) is 7. The van der Waals surface area contributed by atoms with Crippen LogP contribution in [0.3, 0.4) is 0 Å². The van der Waals surface area contributed by atoms with Crippen molar-refractivity contribution < 1.29 is 19.1 Å². The molecule has 0 heterocycles. The molecule has 0 spiro atoms. The van der Waals surface area contributed by atoms with E-state index >= 15 is 0 Å². The first-order chi connectivity index (χ1) is 16.4. The Hall–Kier alpha value is -2.62. The number of esters is 2. The average molecular weight is 471 g/mol. The zero-order chi connectivity index (χ0) is 25.4. The first-order valence-corrected chi connectivity index (χ1v) is 12.9. The van der Waals surface area contributed by atoms with Gasteiger partial charge in [-0.1, -0.05) is 95.2 Å². The summed E-state index contributed by atoms with van der Waals surface area (Å²) >= 11 is 0. The number of ether oxygens (including phenoxy) is 2. The van der Waals surface area contributed by atoms with Gasteiger partial charge in [0, 0.05) is 13.8 Å². The van der Waals surface area contributed by atoms with Gasteiger partial charge in [-0.3, -0.25) is 9.59 Å². The summed E-state index contributed by atoms with van der Waals surface area (Å²) < 4.78 is 10.4. The molecule has 4 nitrogen and oxygen atoms in total. The highest BCUT2D eigenvalue weighted by Crippen LogP contribution is 2.26. The minimum absolute atomic E-state index is 0.340. The predicted octanol–water partition coefficient (Wildman–Crippen LogP) is 8.70. The van der Waals surface area contributed by atoms with Crippen LogP contribution in [0.15, 0.2) is 54.7 Å². The molecule has 1 aromatic carbocycles. The van der Waals surface area contributed by atoms with Crippen LogP contribution in [0.4, 0.5) is 0 Å². The molecule has 0 aliphatic heterocycles. The van der Waals surface area contributed by atoms with Crippen molar-refractivity contribution in [2.45, 2.75) is 105 Å². The first kappa shape index (κ1) is 31.4. The Morgan fingerprint density at radius 3 is 2.03 bits per heavy atom. The lowest BCUT2D eigenvalue weighted by molar-refractivity contribution is -0.133. The highest BCUT2D eigenvalue weighted by molar-refractivity contribution is 5.71. The van der Waals surface area contributed by atoms with Crippen LogP contribution in [0.5, 0.6) is 11.5 Å². The van der Waals surface area contributed by atoms with Crippen LogP contribution >= 0.6 is 0 Å². The molecule has 0 saturated carbocycles. The summed E-state index contributed by atoms with van der Waals surface area (Å²) in [5.74, 6) is 0.356. The van der Waals surface area contributed by atoms with Crippen molar-refractivity contribution in [3.05, 3.63) is 60.2 Å². The average Bonchev–Trinajstić information content (AvgIpc) is 2.79. The normalized spacial score (nSPS) is 11.1. The maximum atomic E-state index is 11.2. The Balaban J connectivity index is 0.000000916. The topological polar surface area (TPSA) is 52.6 Å². The van der Waals surface area contributed by atoms with Gasteiger partial charge in [0.1, 0.15) is 11.5 Å². The number of hydrogen-bond acceptors (Lipinski definition) is 4. The quantitative estimate of drug-likeness (QED) is 0.0845. The molecule has 0 aliphatic carbocycles. The molecule has 1 rings (SSSR count). The van der Waals surface area contributed by atoms with E-state index in [-0.39, 0.29) is 11.9 Å². The van der Waals surface area contributed by atoms with Gasteiger partial charge in [0.25, 0.3) is 0 Å². The predicted molar refractivity (Wildman–Crippen MR) is 143 cm³/mol. The lowest BCUT2D eigenvalue weighted by Crippen LogP contribution is -2.06. The van der Waals surface area contributed by atoms with Gasteiger partial charge in [0.15, 0.2) is 0 Å². The summed E-state index contributed by atoms with van der Waals surface area (Å²) in [7, 11) is 0. The fourth-order valence-corrected chi connectivity index (χ4v) is 3.29. The molecule has 0 amide bonds. The molecular formula is C30H46O4. The smallest absolute Gasteiger partial charge is 0.308 e. The molecular weight excluding hydrogens is 424 g/mol. The van der Waals surface area contributed by atoms with Gasteiger partial charge < -0.3 is 9.47 Å². The van der Waals surface area contributed by atoms with Gasteiger partial charge >= 0.3 is 11.9 Å². The molecule has 0 radical (unpaired) electrons. The molecule has 0 fully saturated rings. The van der Waals surface area contributed by atoms with Crippen molar-refractivity contribution in [1.29, 1.82) is 0 Å². The minimum atomic E-state index is -0.353. The van der Waals surface area contributed by atoms with Crippen LogP contribution in [0, 0.1) is 0 Å². The first-order valence-electron chi connectivity index (χ1n) is 12.9. The maximum absolute atomic E-state index is 11.2. The van der Waals surface area contributed by atoms with Crippen LogP contribution in [0.25, 0.3) is 0 Å². The van der Waals surface area contributed by atoms with Gasteiger partial charge in [-0.05, 0) is 56.4 Å². The minimum Gasteiger partial charge on any atom is -0.427 e. The number of allylic oxidation sites excluding steroid dienone is 6. The molecule has 0 unspecified atom stereocenters. The molecule has 0 N–H and O–H groups in total. The van der Waals surface area contributed by atoms with Crippen molar-refractivity contribution in [1.82, 2.24) is 0 Å². The number of benzene rings is 1. The Kier molecular flexibility index (Phi) is 20.5. The van der Waals surface area contributed by atoms with Crippen LogP contribution in [-0.2, 0) is 16.0 Å². The van der Waals surface area contributed by atoms with Crippen LogP contribution < -0.4 is 9.47 Å². The fourth-order valence-electron chi connectivity index (χ4n) is 3.29. The zero-order valence-electron chi connectivity index (χ0n) is 22.1. The third kappa shape index (κ3) is 18.9. The van der Waals surface area contributed by atoms with Gasteiger partial charge in [0.2, 0.25) is 0 Å². The largest absolute Gasteiger partial charge is 0.427 e. The van der Waals surface area contributed by atoms with E-state index in [1.54, 1.807) is 18.2 Å². The fraction of sp³-hybridized carbons (Fsp3) is 0.533. The summed E-state index contributed by atoms with van der Waals surface area (Å²) in [5.41, 5.74) is 0.912. The van der Waals surface area contributed by atoms with Crippen molar-refractivity contribution in [2.75, 3.05) is 0 Å². The Bertz CT molecular complexity index is 759. The van der Waals surface area contributed by atoms with Gasteiger partial charge in [0.05, 0.1) is 0 Å². The van der Waals surface area contributed by atoms with E-state index in [0.717, 1.165) is 37.7 Å². The number of carbonyl (C=O) groups excluding carboxylic acids is 2. The Morgan fingerprint density at radius 2 is 1.44 bits per heavy atom. The van der Waals surface area contributed by atoms with Crippen molar-refractivity contribution in [2.24, 2.45) is 0 Å². The summed E-state index contributed by atoms with van der Waals surface area (Å²) in [5, 5.41) is 0. The van der Waals surface area contributed by atoms with Crippen molar-refractivity contribution >= 4 is 11.9 Å². The van der Waals surface area contributed by atoms with Crippen molar-refractivity contribution in [3.63, 3.8) is 0 Å². The number of aryl methyl sites for hydroxylation is 1. The number of rotatable bonds is 15. The standard InChI is InChI=1S/C20H30O4.C10H16/c1-4-5-6-7-8-9-10-11-12-18-15-19(23-16(2)21)13-14-20(18)24-17(3)22;1-3-5-7-9-10-8-6-4-2/h13-15H,4-12H2,1-3H3;3,5-9H,4,10H2,1-2H3/b;5-3+,8-6-,9-7+. The third-order valence-electron chi connectivity index (χ3n) is 4.96. The third-order valence-corrected chi connectivity index (χ3v) is 4.96. The summed E-state index contributed by atoms with van der Waals surface area (Å²) in [6.07, 6.45) is 25.6. The summed E-state index contributed by atoms with van der Waals surface area (Å²) in [6.45, 7) is 9.15. The SMILES string of the molecule is C/C=C/C=C/C/C=C\CC.CCCCCCCCCCc1cc(OC(C)=O)ccc1OC(C)=O. The van der Waals surface area contributed by atoms with Crippen molar-refractivity contribution in [3.8, 4) is 11.5 Å². The molecule has 0 bridgehead atoms. The molecule has 0 atom stereocenters. The number of carbonyl (C=O) groups is 2. The van der Waals surface area contributed by atoms with Gasteiger partial charge in [-0.25, -0.2) is 0 Å². The molecule has 190 valence electrons.